The van der Waals surface area contributed by atoms with Crippen LogP contribution in [-0.4, -0.2) is 0 Å². The van der Waals surface area contributed by atoms with E-state index in [0.29, 0.717) is 5.92 Å². The van der Waals surface area contributed by atoms with Gasteiger partial charge in [-0.05, 0) is 156 Å². The van der Waals surface area contributed by atoms with Crippen molar-refractivity contribution in [2.45, 2.75) is 57.3 Å². The van der Waals surface area contributed by atoms with Crippen LogP contribution >= 0.6 is 0 Å². The number of aryl methyl sites for hydroxylation is 1. The van der Waals surface area contributed by atoms with Gasteiger partial charge in [-0.25, -0.2) is 0 Å². The molecule has 1 atom stereocenters. The van der Waals surface area contributed by atoms with Crippen molar-refractivity contribution in [1.82, 2.24) is 0 Å². The summed E-state index contributed by atoms with van der Waals surface area (Å²) in [5, 5.41) is 2.85. The summed E-state index contributed by atoms with van der Waals surface area (Å²) in [5.74, 6) is 0.715. The fourth-order valence-electron chi connectivity index (χ4n) is 10.1. The largest absolute Gasteiger partial charge is 0.0833 e. The Bertz CT molecular complexity index is 2530. The van der Waals surface area contributed by atoms with E-state index < -0.39 is 0 Å². The fraction of sp³-hybridized carbons (Fsp3) is 0.184. The smallest absolute Gasteiger partial charge is 0.0159 e. The standard InChI is InChI=1S/C49H38/c1-49(2)44-27-36(29-9-11-30(12-10-29)38-22-17-34-15-13-31-7-4-8-42(38)46(31)34)20-24-40(44)41-25-21-37(28-45(41)49)39-23-18-35-16-14-32-5-3-6-33-19-26-43(39)48(35)47(32)33/h3-4,6,8-12,14,17-28,31H,5,7,13,15-16H2,1-2H3. The Morgan fingerprint density at radius 3 is 2.16 bits per heavy atom. The highest BCUT2D eigenvalue weighted by molar-refractivity contribution is 6.08. The first kappa shape index (κ1) is 27.7. The van der Waals surface area contributed by atoms with Crippen LogP contribution in [0.25, 0.3) is 73.0 Å². The maximum atomic E-state index is 2.49. The molecule has 5 aliphatic rings. The van der Waals surface area contributed by atoms with Gasteiger partial charge in [0.05, 0.1) is 0 Å². The average molecular weight is 627 g/mol. The summed E-state index contributed by atoms with van der Waals surface area (Å²) in [6, 6.07) is 37.9. The van der Waals surface area contributed by atoms with E-state index >= 15 is 0 Å². The highest BCUT2D eigenvalue weighted by Gasteiger charge is 2.36. The van der Waals surface area contributed by atoms with Gasteiger partial charge in [0, 0.05) is 5.41 Å². The summed E-state index contributed by atoms with van der Waals surface area (Å²) in [7, 11) is 0. The van der Waals surface area contributed by atoms with Gasteiger partial charge in [-0.3, -0.25) is 0 Å². The number of fused-ring (bicyclic) bond motifs is 3. The van der Waals surface area contributed by atoms with E-state index in [-0.39, 0.29) is 5.41 Å². The fourth-order valence-corrected chi connectivity index (χ4v) is 10.1. The van der Waals surface area contributed by atoms with E-state index in [4.69, 9.17) is 0 Å². The lowest BCUT2D eigenvalue weighted by molar-refractivity contribution is 0.661. The minimum absolute atomic E-state index is 0.0897. The first-order valence-electron chi connectivity index (χ1n) is 18.2. The molecule has 0 fully saturated rings. The molecule has 0 N–H and O–H groups in total. The summed E-state index contributed by atoms with van der Waals surface area (Å²) in [6.45, 7) is 4.82. The number of rotatable bonds is 3. The van der Waals surface area contributed by atoms with Crippen LogP contribution in [0.2, 0.25) is 0 Å². The van der Waals surface area contributed by atoms with Crippen LogP contribution in [0.3, 0.4) is 0 Å². The summed E-state index contributed by atoms with van der Waals surface area (Å²) < 4.78 is 0. The van der Waals surface area contributed by atoms with Gasteiger partial charge in [0.2, 0.25) is 0 Å². The van der Waals surface area contributed by atoms with Crippen molar-refractivity contribution in [1.29, 1.82) is 0 Å². The summed E-state index contributed by atoms with van der Waals surface area (Å²) in [4.78, 5) is 0. The molecule has 11 rings (SSSR count). The summed E-state index contributed by atoms with van der Waals surface area (Å²) >= 11 is 0. The SMILES string of the molecule is CC1(C)c2cc(-c3ccc(-c4ccc5c6c4C=CCC6CC5)cc3)ccc2-c2ccc(-c3ccc4c5c6c(ccc35)C=CCC6=CC4)cc21. The van der Waals surface area contributed by atoms with E-state index in [1.165, 1.54) is 113 Å². The van der Waals surface area contributed by atoms with Crippen LogP contribution in [0, 0.1) is 0 Å². The Kier molecular flexibility index (Phi) is 5.62. The molecule has 0 heteroatoms. The lowest BCUT2D eigenvalue weighted by atomic mass is 9.78. The molecule has 234 valence electrons. The predicted molar refractivity (Wildman–Crippen MR) is 208 cm³/mol. The van der Waals surface area contributed by atoms with Crippen molar-refractivity contribution in [2.24, 2.45) is 0 Å². The second kappa shape index (κ2) is 9.93. The van der Waals surface area contributed by atoms with Crippen LogP contribution in [0.4, 0.5) is 0 Å². The summed E-state index contributed by atoms with van der Waals surface area (Å²) in [6.07, 6.45) is 17.6. The maximum Gasteiger partial charge on any atom is 0.0159 e. The topological polar surface area (TPSA) is 0 Å². The van der Waals surface area contributed by atoms with Crippen LogP contribution < -0.4 is 0 Å². The molecule has 0 amide bonds. The Hall–Kier alpha value is -5.20. The zero-order chi connectivity index (χ0) is 32.4. The van der Waals surface area contributed by atoms with Crippen molar-refractivity contribution in [2.75, 3.05) is 0 Å². The van der Waals surface area contributed by atoms with Crippen molar-refractivity contribution in [3.8, 4) is 44.5 Å². The number of allylic oxidation sites excluding steroid dienone is 4. The van der Waals surface area contributed by atoms with Crippen molar-refractivity contribution < 1.29 is 0 Å². The molecule has 0 nitrogen and oxygen atoms in total. The van der Waals surface area contributed by atoms with Gasteiger partial charge in [0.25, 0.3) is 0 Å². The van der Waals surface area contributed by atoms with Gasteiger partial charge in [-0.2, -0.15) is 0 Å². The zero-order valence-corrected chi connectivity index (χ0v) is 28.2. The molecule has 6 aromatic rings. The Balaban J connectivity index is 0.956. The molecule has 0 spiro atoms. The molecule has 0 aliphatic heterocycles. The second-order valence-electron chi connectivity index (χ2n) is 15.5. The van der Waals surface area contributed by atoms with Crippen LogP contribution in [0.15, 0.2) is 115 Å². The van der Waals surface area contributed by atoms with E-state index in [2.05, 4.69) is 141 Å². The molecule has 5 aliphatic carbocycles. The Morgan fingerprint density at radius 2 is 1.31 bits per heavy atom. The van der Waals surface area contributed by atoms with E-state index in [1.807, 2.05) is 0 Å². The first-order chi connectivity index (χ1) is 24.0. The van der Waals surface area contributed by atoms with E-state index in [0.717, 1.165) is 12.8 Å². The molecular formula is C49H38. The van der Waals surface area contributed by atoms with Gasteiger partial charge >= 0.3 is 0 Å². The minimum atomic E-state index is -0.0897. The summed E-state index contributed by atoms with van der Waals surface area (Å²) in [5.41, 5.74) is 23.8. The van der Waals surface area contributed by atoms with Gasteiger partial charge in [0.1, 0.15) is 0 Å². The Morgan fingerprint density at radius 1 is 0.592 bits per heavy atom. The normalized spacial score (nSPS) is 18.3. The molecule has 0 saturated carbocycles. The average Bonchev–Trinajstić information content (AvgIpc) is 3.67. The molecule has 0 bridgehead atoms. The Labute approximate surface area is 289 Å². The molecule has 0 radical (unpaired) electrons. The molecule has 49 heavy (non-hydrogen) atoms. The minimum Gasteiger partial charge on any atom is -0.0833 e. The monoisotopic (exact) mass is 626 g/mol. The lowest BCUT2D eigenvalue weighted by Crippen LogP contribution is -2.15. The van der Waals surface area contributed by atoms with Crippen LogP contribution in [-0.2, 0) is 18.3 Å². The van der Waals surface area contributed by atoms with Gasteiger partial charge in [0.15, 0.2) is 0 Å². The van der Waals surface area contributed by atoms with Crippen LogP contribution in [0.1, 0.15) is 83.5 Å². The quantitative estimate of drug-likeness (QED) is 0.183. The molecular weight excluding hydrogens is 589 g/mol. The van der Waals surface area contributed by atoms with Gasteiger partial charge in [-0.1, -0.05) is 129 Å². The van der Waals surface area contributed by atoms with Gasteiger partial charge in [-0.15, -0.1) is 0 Å². The maximum absolute atomic E-state index is 2.49. The van der Waals surface area contributed by atoms with Crippen molar-refractivity contribution in [3.05, 3.63) is 160 Å². The molecule has 0 heterocycles. The molecule has 0 aromatic heterocycles. The zero-order valence-electron chi connectivity index (χ0n) is 28.2. The first-order valence-corrected chi connectivity index (χ1v) is 18.2. The predicted octanol–water partition coefficient (Wildman–Crippen LogP) is 13.0. The molecule has 6 aromatic carbocycles. The third-order valence-electron chi connectivity index (χ3n) is 12.6. The number of benzene rings is 6. The van der Waals surface area contributed by atoms with Crippen LogP contribution in [0.5, 0.6) is 0 Å². The molecule has 1 unspecified atom stereocenters. The highest BCUT2D eigenvalue weighted by atomic mass is 14.4. The number of hydrogen-bond donors (Lipinski definition) is 0. The second-order valence-corrected chi connectivity index (χ2v) is 15.5. The van der Waals surface area contributed by atoms with Gasteiger partial charge < -0.3 is 0 Å². The van der Waals surface area contributed by atoms with Crippen molar-refractivity contribution >= 4 is 28.5 Å². The van der Waals surface area contributed by atoms with E-state index in [9.17, 15) is 0 Å². The lowest BCUT2D eigenvalue weighted by Gasteiger charge is -2.25. The third-order valence-corrected chi connectivity index (χ3v) is 12.6. The number of hydrogen-bond acceptors (Lipinski definition) is 0. The highest BCUT2D eigenvalue weighted by Crippen LogP contribution is 2.52. The van der Waals surface area contributed by atoms with Crippen molar-refractivity contribution in [3.63, 3.8) is 0 Å². The molecule has 0 saturated heterocycles. The third kappa shape index (κ3) is 3.86. The van der Waals surface area contributed by atoms with E-state index in [1.54, 1.807) is 11.1 Å².